The highest BCUT2D eigenvalue weighted by atomic mass is 32.2. The van der Waals surface area contributed by atoms with Crippen LogP contribution in [-0.2, 0) is 9.59 Å². The van der Waals surface area contributed by atoms with E-state index in [9.17, 15) is 9.59 Å². The van der Waals surface area contributed by atoms with Gasteiger partial charge in [-0.05, 0) is 61.5 Å². The second-order valence-electron chi connectivity index (χ2n) is 6.36. The molecule has 28 heavy (non-hydrogen) atoms. The van der Waals surface area contributed by atoms with Crippen molar-refractivity contribution >= 4 is 40.6 Å². The Kier molecular flexibility index (Phi) is 6.16. The third-order valence-electron chi connectivity index (χ3n) is 3.87. The van der Waals surface area contributed by atoms with Crippen molar-refractivity contribution in [1.29, 1.82) is 0 Å². The largest absolute Gasteiger partial charge is 0.482 e. The van der Waals surface area contributed by atoms with Gasteiger partial charge in [0.05, 0.1) is 10.6 Å². The average molecular weight is 396 g/mol. The van der Waals surface area contributed by atoms with Crippen molar-refractivity contribution in [3.63, 3.8) is 0 Å². The van der Waals surface area contributed by atoms with Crippen molar-refractivity contribution in [3.05, 3.63) is 65.1 Å². The van der Waals surface area contributed by atoms with Crippen LogP contribution in [0.2, 0.25) is 0 Å². The number of carboxylic acid groups (broad SMARTS) is 1. The second kappa shape index (κ2) is 8.75. The first-order valence-electron chi connectivity index (χ1n) is 8.75. The number of amidine groups is 1. The SMILES string of the molecule is CC(C)N1C(=O)/C(=C\c2ccc(OCC(=O)O)cc2)SC1=Nc1ccccc1. The summed E-state index contributed by atoms with van der Waals surface area (Å²) in [4.78, 5) is 30.3. The van der Waals surface area contributed by atoms with Crippen LogP contribution in [0.25, 0.3) is 6.08 Å². The molecule has 0 spiro atoms. The van der Waals surface area contributed by atoms with Gasteiger partial charge in [0.2, 0.25) is 0 Å². The lowest BCUT2D eigenvalue weighted by Crippen LogP contribution is -2.35. The maximum absolute atomic E-state index is 12.9. The molecule has 0 saturated carbocycles. The molecule has 1 saturated heterocycles. The van der Waals surface area contributed by atoms with Crippen LogP contribution < -0.4 is 4.74 Å². The van der Waals surface area contributed by atoms with Crippen molar-refractivity contribution in [2.24, 2.45) is 4.99 Å². The van der Waals surface area contributed by atoms with Gasteiger partial charge in [0, 0.05) is 6.04 Å². The summed E-state index contributed by atoms with van der Waals surface area (Å²) in [5.41, 5.74) is 1.62. The van der Waals surface area contributed by atoms with Crippen molar-refractivity contribution in [2.75, 3.05) is 6.61 Å². The molecule has 6 nitrogen and oxygen atoms in total. The maximum atomic E-state index is 12.9. The molecule has 0 bridgehead atoms. The van der Waals surface area contributed by atoms with Gasteiger partial charge in [-0.25, -0.2) is 9.79 Å². The molecule has 0 aliphatic carbocycles. The predicted molar refractivity (Wildman–Crippen MR) is 111 cm³/mol. The molecule has 1 fully saturated rings. The Labute approximate surface area is 167 Å². The summed E-state index contributed by atoms with van der Waals surface area (Å²) in [7, 11) is 0. The topological polar surface area (TPSA) is 79.2 Å². The molecule has 1 aliphatic heterocycles. The number of aliphatic carboxylic acids is 1. The summed E-state index contributed by atoms with van der Waals surface area (Å²) >= 11 is 1.34. The summed E-state index contributed by atoms with van der Waals surface area (Å²) in [5, 5.41) is 9.31. The fourth-order valence-electron chi connectivity index (χ4n) is 2.59. The Morgan fingerprint density at radius 2 is 1.86 bits per heavy atom. The maximum Gasteiger partial charge on any atom is 0.341 e. The number of hydrogen-bond donors (Lipinski definition) is 1. The van der Waals surface area contributed by atoms with Crippen LogP contribution in [0.4, 0.5) is 5.69 Å². The fourth-order valence-corrected chi connectivity index (χ4v) is 3.71. The third kappa shape index (κ3) is 4.80. The van der Waals surface area contributed by atoms with E-state index in [-0.39, 0.29) is 11.9 Å². The number of thioether (sulfide) groups is 1. The lowest BCUT2D eigenvalue weighted by molar-refractivity contribution is -0.139. The molecule has 0 radical (unpaired) electrons. The monoisotopic (exact) mass is 396 g/mol. The summed E-state index contributed by atoms with van der Waals surface area (Å²) in [6.45, 7) is 3.52. The number of nitrogens with zero attached hydrogens (tertiary/aromatic N) is 2. The van der Waals surface area contributed by atoms with Gasteiger partial charge in [-0.1, -0.05) is 30.3 Å². The van der Waals surface area contributed by atoms with E-state index in [4.69, 9.17) is 9.84 Å². The molecule has 1 heterocycles. The summed E-state index contributed by atoms with van der Waals surface area (Å²) in [6, 6.07) is 16.4. The number of aliphatic imine (C=N–C) groups is 1. The molecular formula is C21H20N2O4S. The Morgan fingerprint density at radius 3 is 2.46 bits per heavy atom. The van der Waals surface area contributed by atoms with Gasteiger partial charge < -0.3 is 9.84 Å². The number of carbonyl (C=O) groups excluding carboxylic acids is 1. The van der Waals surface area contributed by atoms with Gasteiger partial charge in [0.25, 0.3) is 5.91 Å². The Hall–Kier alpha value is -3.06. The van der Waals surface area contributed by atoms with Crippen LogP contribution >= 0.6 is 11.8 Å². The van der Waals surface area contributed by atoms with E-state index >= 15 is 0 Å². The molecule has 7 heteroatoms. The van der Waals surface area contributed by atoms with Crippen LogP contribution in [0.1, 0.15) is 19.4 Å². The minimum absolute atomic E-state index is 0.0137. The smallest absolute Gasteiger partial charge is 0.341 e. The third-order valence-corrected chi connectivity index (χ3v) is 4.86. The number of carboxylic acids is 1. The molecule has 1 amide bonds. The van der Waals surface area contributed by atoms with Gasteiger partial charge in [-0.15, -0.1) is 0 Å². The van der Waals surface area contributed by atoms with E-state index in [0.717, 1.165) is 11.3 Å². The van der Waals surface area contributed by atoms with E-state index < -0.39 is 12.6 Å². The average Bonchev–Trinajstić information content (AvgIpc) is 2.97. The van der Waals surface area contributed by atoms with Crippen LogP contribution in [-0.4, -0.2) is 39.7 Å². The van der Waals surface area contributed by atoms with Gasteiger partial charge in [-0.2, -0.15) is 0 Å². The minimum Gasteiger partial charge on any atom is -0.482 e. The first-order valence-corrected chi connectivity index (χ1v) is 9.57. The molecule has 2 aromatic rings. The van der Waals surface area contributed by atoms with Crippen LogP contribution in [0, 0.1) is 0 Å². The zero-order valence-electron chi connectivity index (χ0n) is 15.5. The van der Waals surface area contributed by atoms with Gasteiger partial charge in [0.1, 0.15) is 5.75 Å². The Morgan fingerprint density at radius 1 is 1.18 bits per heavy atom. The second-order valence-corrected chi connectivity index (χ2v) is 7.37. The number of benzene rings is 2. The highest BCUT2D eigenvalue weighted by Gasteiger charge is 2.35. The number of rotatable bonds is 6. The lowest BCUT2D eigenvalue weighted by Gasteiger charge is -2.19. The number of carbonyl (C=O) groups is 2. The molecular weight excluding hydrogens is 376 g/mol. The van der Waals surface area contributed by atoms with E-state index in [0.29, 0.717) is 15.8 Å². The summed E-state index contributed by atoms with van der Waals surface area (Å²) < 4.78 is 5.13. The van der Waals surface area contributed by atoms with E-state index in [1.165, 1.54) is 11.8 Å². The van der Waals surface area contributed by atoms with E-state index in [2.05, 4.69) is 4.99 Å². The fraction of sp³-hybridized carbons (Fsp3) is 0.190. The summed E-state index contributed by atoms with van der Waals surface area (Å²) in [6.07, 6.45) is 1.80. The lowest BCUT2D eigenvalue weighted by atomic mass is 10.2. The van der Waals surface area contributed by atoms with E-state index in [1.807, 2.05) is 44.2 Å². The zero-order chi connectivity index (χ0) is 20.1. The highest BCUT2D eigenvalue weighted by molar-refractivity contribution is 8.18. The molecule has 2 aromatic carbocycles. The van der Waals surface area contributed by atoms with Crippen LogP contribution in [0.3, 0.4) is 0 Å². The van der Waals surface area contributed by atoms with Gasteiger partial charge in [0.15, 0.2) is 11.8 Å². The van der Waals surface area contributed by atoms with Gasteiger partial charge in [-0.3, -0.25) is 9.69 Å². The Balaban J connectivity index is 1.83. The van der Waals surface area contributed by atoms with Crippen LogP contribution in [0.5, 0.6) is 5.75 Å². The van der Waals surface area contributed by atoms with Gasteiger partial charge >= 0.3 is 5.97 Å². The molecule has 0 atom stereocenters. The molecule has 1 aliphatic rings. The number of amides is 1. The van der Waals surface area contributed by atoms with Crippen LogP contribution in [0.15, 0.2) is 64.5 Å². The van der Waals surface area contributed by atoms with Crippen molar-refractivity contribution < 1.29 is 19.4 Å². The quantitative estimate of drug-likeness (QED) is 0.742. The zero-order valence-corrected chi connectivity index (χ0v) is 16.3. The number of ether oxygens (including phenoxy) is 1. The number of hydrogen-bond acceptors (Lipinski definition) is 5. The molecule has 0 unspecified atom stereocenters. The molecule has 144 valence electrons. The first kappa shape index (κ1) is 19.7. The van der Waals surface area contributed by atoms with Crippen molar-refractivity contribution in [1.82, 2.24) is 4.90 Å². The minimum atomic E-state index is -1.03. The molecule has 0 aromatic heterocycles. The first-order chi connectivity index (χ1) is 13.4. The normalized spacial score (nSPS) is 17.0. The standard InChI is InChI=1S/C21H20N2O4S/c1-14(2)23-20(26)18(28-21(23)22-16-6-4-3-5-7-16)12-15-8-10-17(11-9-15)27-13-19(24)25/h3-12,14H,13H2,1-2H3,(H,24,25)/b18-12+,22-21?. The van der Waals surface area contributed by atoms with Crippen molar-refractivity contribution in [3.8, 4) is 5.75 Å². The molecule has 3 rings (SSSR count). The highest BCUT2D eigenvalue weighted by Crippen LogP contribution is 2.35. The van der Waals surface area contributed by atoms with Crippen molar-refractivity contribution in [2.45, 2.75) is 19.9 Å². The predicted octanol–water partition coefficient (Wildman–Crippen LogP) is 4.16. The summed E-state index contributed by atoms with van der Waals surface area (Å²) in [5.74, 6) is -0.649. The Bertz CT molecular complexity index is 921. The molecule has 1 N–H and O–H groups in total. The number of para-hydroxylation sites is 1. The van der Waals surface area contributed by atoms with E-state index in [1.54, 1.807) is 35.2 Å².